The smallest absolute Gasteiger partial charge is 0.138 e. The molecule has 0 atom stereocenters. The van der Waals surface area contributed by atoms with Crippen molar-refractivity contribution >= 4 is 15.9 Å². The average Bonchev–Trinajstić information content (AvgIpc) is 2.37. The van der Waals surface area contributed by atoms with Gasteiger partial charge in [0.05, 0.1) is 10.6 Å². The Hall–Kier alpha value is -0.540. The molecule has 1 saturated carbocycles. The number of ether oxygens (including phenoxy) is 1. The van der Waals surface area contributed by atoms with Crippen LogP contribution in [0, 0.1) is 0 Å². The van der Waals surface area contributed by atoms with E-state index in [1.165, 1.54) is 57.2 Å². The van der Waals surface area contributed by atoms with Crippen molar-refractivity contribution in [3.05, 3.63) is 28.2 Å². The van der Waals surface area contributed by atoms with Gasteiger partial charge in [-0.2, -0.15) is 0 Å². The number of likely N-dealkylation sites (tertiary alicyclic amines) is 1. The standard InChI is InChI=1S/C16H22BrNO/c17-15-9-4-6-13(12-18-10-2-1-3-11-18)16(15)19-14-7-5-8-14/h4,6,9,14H,1-3,5,7-8,10-12H2. The lowest BCUT2D eigenvalue weighted by Gasteiger charge is -2.30. The minimum atomic E-state index is 0.443. The van der Waals surface area contributed by atoms with Crippen LogP contribution in [0.25, 0.3) is 0 Å². The van der Waals surface area contributed by atoms with Crippen LogP contribution in [0.3, 0.4) is 0 Å². The number of para-hydroxylation sites is 1. The molecule has 3 heteroatoms. The second-order valence-electron chi connectivity index (χ2n) is 5.74. The second-order valence-corrected chi connectivity index (χ2v) is 6.59. The third-order valence-electron chi connectivity index (χ3n) is 4.23. The van der Waals surface area contributed by atoms with Gasteiger partial charge in [-0.25, -0.2) is 0 Å². The Bertz CT molecular complexity index is 425. The first-order valence-electron chi connectivity index (χ1n) is 7.49. The molecule has 1 aromatic rings. The summed E-state index contributed by atoms with van der Waals surface area (Å²) in [5, 5.41) is 0. The number of hydrogen-bond donors (Lipinski definition) is 0. The molecular weight excluding hydrogens is 302 g/mol. The second kappa shape index (κ2) is 6.27. The molecule has 1 aliphatic heterocycles. The van der Waals surface area contributed by atoms with E-state index in [9.17, 15) is 0 Å². The van der Waals surface area contributed by atoms with E-state index in [2.05, 4.69) is 39.0 Å². The van der Waals surface area contributed by atoms with Gasteiger partial charge in [0.1, 0.15) is 5.75 Å². The molecule has 0 bridgehead atoms. The molecule has 1 aromatic carbocycles. The van der Waals surface area contributed by atoms with Crippen LogP contribution in [-0.4, -0.2) is 24.1 Å². The first-order valence-corrected chi connectivity index (χ1v) is 8.28. The third-order valence-corrected chi connectivity index (χ3v) is 4.85. The third kappa shape index (κ3) is 3.32. The van der Waals surface area contributed by atoms with Gasteiger partial charge in [-0.05, 0) is 67.2 Å². The molecule has 2 aliphatic rings. The zero-order valence-electron chi connectivity index (χ0n) is 11.4. The highest BCUT2D eigenvalue weighted by atomic mass is 79.9. The van der Waals surface area contributed by atoms with Crippen molar-refractivity contribution in [3.63, 3.8) is 0 Å². The number of hydrogen-bond acceptors (Lipinski definition) is 2. The van der Waals surface area contributed by atoms with Crippen LogP contribution in [0.1, 0.15) is 44.1 Å². The van der Waals surface area contributed by atoms with Gasteiger partial charge < -0.3 is 4.74 Å². The predicted octanol–water partition coefficient (Wildman–Crippen LogP) is 4.37. The largest absolute Gasteiger partial charge is 0.489 e. The molecule has 2 nitrogen and oxygen atoms in total. The molecule has 0 N–H and O–H groups in total. The lowest BCUT2D eigenvalue weighted by Crippen LogP contribution is -2.30. The Morgan fingerprint density at radius 1 is 1.11 bits per heavy atom. The lowest BCUT2D eigenvalue weighted by molar-refractivity contribution is 0.116. The topological polar surface area (TPSA) is 12.5 Å². The van der Waals surface area contributed by atoms with Gasteiger partial charge in [-0.1, -0.05) is 18.6 Å². The van der Waals surface area contributed by atoms with E-state index in [4.69, 9.17) is 4.74 Å². The highest BCUT2D eigenvalue weighted by molar-refractivity contribution is 9.10. The summed E-state index contributed by atoms with van der Waals surface area (Å²) < 4.78 is 7.29. The van der Waals surface area contributed by atoms with Crippen molar-refractivity contribution in [1.29, 1.82) is 0 Å². The predicted molar refractivity (Wildman–Crippen MR) is 81.5 cm³/mol. The Balaban J connectivity index is 1.72. The first kappa shape index (κ1) is 13.4. The lowest BCUT2D eigenvalue weighted by atomic mass is 9.96. The molecule has 1 aliphatic carbocycles. The highest BCUT2D eigenvalue weighted by Crippen LogP contribution is 2.34. The summed E-state index contributed by atoms with van der Waals surface area (Å²) >= 11 is 3.65. The maximum Gasteiger partial charge on any atom is 0.138 e. The molecule has 19 heavy (non-hydrogen) atoms. The minimum Gasteiger partial charge on any atom is -0.489 e. The number of rotatable bonds is 4. The highest BCUT2D eigenvalue weighted by Gasteiger charge is 2.22. The minimum absolute atomic E-state index is 0.443. The van der Waals surface area contributed by atoms with Crippen molar-refractivity contribution in [2.24, 2.45) is 0 Å². The van der Waals surface area contributed by atoms with E-state index < -0.39 is 0 Å². The SMILES string of the molecule is Brc1cccc(CN2CCCCC2)c1OC1CCC1. The van der Waals surface area contributed by atoms with Gasteiger partial charge in [0.25, 0.3) is 0 Å². The van der Waals surface area contributed by atoms with Crippen LogP contribution < -0.4 is 4.74 Å². The molecule has 2 fully saturated rings. The van der Waals surface area contributed by atoms with Crippen molar-refractivity contribution in [2.45, 2.75) is 51.2 Å². The van der Waals surface area contributed by atoms with E-state index in [1.54, 1.807) is 0 Å². The monoisotopic (exact) mass is 323 g/mol. The van der Waals surface area contributed by atoms with Crippen LogP contribution in [0.2, 0.25) is 0 Å². The summed E-state index contributed by atoms with van der Waals surface area (Å²) in [6, 6.07) is 6.43. The van der Waals surface area contributed by atoms with Gasteiger partial charge in [0.2, 0.25) is 0 Å². The maximum atomic E-state index is 6.18. The summed E-state index contributed by atoms with van der Waals surface area (Å²) in [5.41, 5.74) is 1.34. The summed E-state index contributed by atoms with van der Waals surface area (Å²) in [4.78, 5) is 2.55. The van der Waals surface area contributed by atoms with E-state index in [1.807, 2.05) is 0 Å². The maximum absolute atomic E-state index is 6.18. The van der Waals surface area contributed by atoms with Gasteiger partial charge in [0, 0.05) is 12.1 Å². The van der Waals surface area contributed by atoms with Crippen LogP contribution in [0.15, 0.2) is 22.7 Å². The van der Waals surface area contributed by atoms with E-state index in [0.29, 0.717) is 6.10 Å². The zero-order chi connectivity index (χ0) is 13.1. The van der Waals surface area contributed by atoms with Gasteiger partial charge in [0.15, 0.2) is 0 Å². The molecule has 0 radical (unpaired) electrons. The Labute approximate surface area is 124 Å². The van der Waals surface area contributed by atoms with Crippen molar-refractivity contribution in [1.82, 2.24) is 4.90 Å². The Morgan fingerprint density at radius 3 is 2.58 bits per heavy atom. The van der Waals surface area contributed by atoms with Crippen LogP contribution in [-0.2, 0) is 6.54 Å². The van der Waals surface area contributed by atoms with Crippen LogP contribution in [0.5, 0.6) is 5.75 Å². The summed E-state index contributed by atoms with van der Waals surface area (Å²) in [5.74, 6) is 1.08. The van der Waals surface area contributed by atoms with Gasteiger partial charge in [-0.3, -0.25) is 4.90 Å². The molecule has 0 spiro atoms. The summed E-state index contributed by atoms with van der Waals surface area (Å²) in [7, 11) is 0. The van der Waals surface area contributed by atoms with Gasteiger partial charge in [-0.15, -0.1) is 0 Å². The Kier molecular flexibility index (Phi) is 4.44. The molecule has 0 unspecified atom stereocenters. The van der Waals surface area contributed by atoms with E-state index >= 15 is 0 Å². The fourth-order valence-corrected chi connectivity index (χ4v) is 3.32. The van der Waals surface area contributed by atoms with Crippen LogP contribution >= 0.6 is 15.9 Å². The van der Waals surface area contributed by atoms with Crippen molar-refractivity contribution in [2.75, 3.05) is 13.1 Å². The van der Waals surface area contributed by atoms with Crippen LogP contribution in [0.4, 0.5) is 0 Å². The quantitative estimate of drug-likeness (QED) is 0.816. The molecule has 104 valence electrons. The molecular formula is C16H22BrNO. The Morgan fingerprint density at radius 2 is 1.89 bits per heavy atom. The number of benzene rings is 1. The number of halogens is 1. The molecule has 1 saturated heterocycles. The zero-order valence-corrected chi connectivity index (χ0v) is 13.0. The average molecular weight is 324 g/mol. The molecule has 3 rings (SSSR count). The number of piperidine rings is 1. The summed E-state index contributed by atoms with van der Waals surface area (Å²) in [6.45, 7) is 3.49. The van der Waals surface area contributed by atoms with Crippen molar-refractivity contribution in [3.8, 4) is 5.75 Å². The molecule has 1 heterocycles. The normalized spacial score (nSPS) is 21.1. The van der Waals surface area contributed by atoms with Gasteiger partial charge >= 0.3 is 0 Å². The fraction of sp³-hybridized carbons (Fsp3) is 0.625. The fourth-order valence-electron chi connectivity index (χ4n) is 2.82. The summed E-state index contributed by atoms with van der Waals surface area (Å²) in [6.07, 6.45) is 8.25. The number of nitrogens with zero attached hydrogens (tertiary/aromatic N) is 1. The first-order chi connectivity index (χ1) is 9.33. The van der Waals surface area contributed by atoms with Crippen molar-refractivity contribution < 1.29 is 4.74 Å². The molecule has 0 aromatic heterocycles. The molecule has 0 amide bonds. The van der Waals surface area contributed by atoms with E-state index in [-0.39, 0.29) is 0 Å². The van der Waals surface area contributed by atoms with E-state index in [0.717, 1.165) is 16.8 Å².